The summed E-state index contributed by atoms with van der Waals surface area (Å²) in [5.41, 5.74) is -0.563. The molecule has 0 aliphatic carbocycles. The summed E-state index contributed by atoms with van der Waals surface area (Å²) < 4.78 is 16.5. The Morgan fingerprint density at radius 2 is 1.80 bits per heavy atom. The van der Waals surface area contributed by atoms with Crippen LogP contribution in [0.3, 0.4) is 0 Å². The minimum Gasteiger partial charge on any atom is -0.486 e. The third-order valence-corrected chi connectivity index (χ3v) is 7.89. The number of carbonyl (C=O) groups is 3. The quantitative estimate of drug-likeness (QED) is 0.444. The molecule has 2 amide bonds. The molecule has 1 N–H and O–H groups in total. The van der Waals surface area contributed by atoms with Crippen LogP contribution in [-0.4, -0.2) is 38.1 Å². The number of nitrogens with one attached hydrogen (secondary N) is 1. The highest BCUT2D eigenvalue weighted by Crippen LogP contribution is 2.55. The molecule has 0 bridgehead atoms. The molecule has 178 valence electrons. The number of hydrogen-bond acceptors (Lipinski definition) is 8. The Kier molecular flexibility index (Phi) is 5.12. The van der Waals surface area contributed by atoms with Crippen LogP contribution in [0.25, 0.3) is 0 Å². The summed E-state index contributed by atoms with van der Waals surface area (Å²) >= 11 is 1.47. The van der Waals surface area contributed by atoms with Crippen LogP contribution < -0.4 is 19.7 Å². The van der Waals surface area contributed by atoms with Crippen molar-refractivity contribution in [1.82, 2.24) is 5.32 Å². The molecule has 3 aliphatic heterocycles. The number of methoxy groups -OCH3 is 1. The third kappa shape index (κ3) is 3.11. The topological polar surface area (TPSA) is 94.2 Å². The first-order valence-corrected chi connectivity index (χ1v) is 12.2. The number of anilines is 1. The highest BCUT2D eigenvalue weighted by Gasteiger charge is 2.70. The fourth-order valence-electron chi connectivity index (χ4n) is 5.48. The Morgan fingerprint density at radius 1 is 1.03 bits per heavy atom. The molecule has 3 aliphatic rings. The van der Waals surface area contributed by atoms with Gasteiger partial charge in [-0.1, -0.05) is 36.4 Å². The van der Waals surface area contributed by atoms with Gasteiger partial charge in [0.25, 0.3) is 0 Å². The molecule has 0 unspecified atom stereocenters. The van der Waals surface area contributed by atoms with Crippen molar-refractivity contribution in [3.8, 4) is 11.5 Å². The molecule has 2 fully saturated rings. The Hall–Kier alpha value is -3.69. The van der Waals surface area contributed by atoms with E-state index < -0.39 is 35.3 Å². The molecule has 0 spiro atoms. The molecule has 35 heavy (non-hydrogen) atoms. The first-order valence-electron chi connectivity index (χ1n) is 11.3. The summed E-state index contributed by atoms with van der Waals surface area (Å²) in [6.07, 6.45) is 0. The summed E-state index contributed by atoms with van der Waals surface area (Å²) in [6.45, 7) is 0.818. The van der Waals surface area contributed by atoms with Crippen molar-refractivity contribution in [2.75, 3.05) is 25.2 Å². The fourth-order valence-corrected chi connectivity index (χ4v) is 6.30. The molecule has 0 saturated carbocycles. The molecule has 1 aromatic heterocycles. The van der Waals surface area contributed by atoms with Gasteiger partial charge in [0, 0.05) is 10.9 Å². The maximum atomic E-state index is 14.1. The first-order chi connectivity index (χ1) is 17.1. The maximum absolute atomic E-state index is 14.1. The van der Waals surface area contributed by atoms with Crippen LogP contribution in [0.15, 0.2) is 66.0 Å². The van der Waals surface area contributed by atoms with E-state index in [4.69, 9.17) is 14.2 Å². The van der Waals surface area contributed by atoms with Crippen molar-refractivity contribution in [3.05, 3.63) is 76.5 Å². The second-order valence-electron chi connectivity index (χ2n) is 8.65. The predicted molar refractivity (Wildman–Crippen MR) is 127 cm³/mol. The van der Waals surface area contributed by atoms with Crippen molar-refractivity contribution in [2.24, 2.45) is 11.8 Å². The number of ether oxygens (including phenoxy) is 3. The number of nitrogens with zero attached hydrogens (tertiary/aromatic N) is 1. The molecular formula is C26H22N2O6S. The van der Waals surface area contributed by atoms with Crippen LogP contribution in [-0.2, 0) is 24.7 Å². The summed E-state index contributed by atoms with van der Waals surface area (Å²) in [5.74, 6) is -2.20. The average molecular weight is 491 g/mol. The molecule has 8 nitrogen and oxygen atoms in total. The second kappa shape index (κ2) is 8.21. The number of hydrogen-bond donors (Lipinski definition) is 1. The first kappa shape index (κ1) is 21.8. The summed E-state index contributed by atoms with van der Waals surface area (Å²) in [4.78, 5) is 43.6. The molecule has 4 heterocycles. The lowest BCUT2D eigenvalue weighted by molar-refractivity contribution is -0.152. The van der Waals surface area contributed by atoms with E-state index in [9.17, 15) is 14.4 Å². The van der Waals surface area contributed by atoms with Gasteiger partial charge in [0.1, 0.15) is 13.2 Å². The van der Waals surface area contributed by atoms with E-state index >= 15 is 0 Å². The van der Waals surface area contributed by atoms with Crippen molar-refractivity contribution in [2.45, 2.75) is 11.6 Å². The number of carbonyl (C=O) groups excluding carboxylic acids is 3. The zero-order valence-corrected chi connectivity index (χ0v) is 19.6. The molecule has 4 atom stereocenters. The van der Waals surface area contributed by atoms with Gasteiger partial charge in [-0.2, -0.15) is 0 Å². The number of imide groups is 1. The van der Waals surface area contributed by atoms with Gasteiger partial charge < -0.3 is 14.2 Å². The Balaban J connectivity index is 1.52. The largest absolute Gasteiger partial charge is 0.486 e. The van der Waals surface area contributed by atoms with Crippen molar-refractivity contribution < 1.29 is 28.6 Å². The third-order valence-electron chi connectivity index (χ3n) is 6.93. The highest BCUT2D eigenvalue weighted by atomic mass is 32.1. The molecule has 0 radical (unpaired) electrons. The van der Waals surface area contributed by atoms with Crippen LogP contribution in [0.2, 0.25) is 0 Å². The molecule has 9 heteroatoms. The van der Waals surface area contributed by atoms with E-state index in [1.54, 1.807) is 42.5 Å². The zero-order valence-electron chi connectivity index (χ0n) is 18.8. The van der Waals surface area contributed by atoms with E-state index in [1.807, 2.05) is 23.6 Å². The summed E-state index contributed by atoms with van der Waals surface area (Å²) in [5, 5.41) is 5.29. The second-order valence-corrected chi connectivity index (χ2v) is 9.63. The lowest BCUT2D eigenvalue weighted by atomic mass is 9.75. The number of benzene rings is 2. The van der Waals surface area contributed by atoms with Gasteiger partial charge in [-0.25, -0.2) is 9.69 Å². The van der Waals surface area contributed by atoms with Gasteiger partial charge in [0.05, 0.1) is 30.7 Å². The van der Waals surface area contributed by atoms with Crippen LogP contribution in [0.1, 0.15) is 16.5 Å². The van der Waals surface area contributed by atoms with Gasteiger partial charge in [-0.3, -0.25) is 14.9 Å². The fraction of sp³-hybridized carbons (Fsp3) is 0.269. The van der Waals surface area contributed by atoms with E-state index in [2.05, 4.69) is 5.32 Å². The van der Waals surface area contributed by atoms with Crippen LogP contribution >= 0.6 is 11.3 Å². The number of esters is 1. The normalized spacial score (nSPS) is 27.1. The SMILES string of the molecule is COC(=O)[C@]1(c2ccccc2)N[C@@H](c2cccs2)[C@H]2C(=O)N(c3ccc4c(c3)OCCO4)C(=O)[C@@H]21. The van der Waals surface area contributed by atoms with E-state index in [0.29, 0.717) is 36.0 Å². The summed E-state index contributed by atoms with van der Waals surface area (Å²) in [6, 6.07) is 17.2. The number of fused-ring (bicyclic) bond motifs is 2. The Bertz CT molecular complexity index is 1310. The number of rotatable bonds is 4. The van der Waals surface area contributed by atoms with E-state index in [0.717, 1.165) is 4.88 Å². The lowest BCUT2D eigenvalue weighted by Gasteiger charge is -2.33. The lowest BCUT2D eigenvalue weighted by Crippen LogP contribution is -2.53. The zero-order chi connectivity index (χ0) is 24.2. The van der Waals surface area contributed by atoms with Crippen molar-refractivity contribution >= 4 is 34.8 Å². The van der Waals surface area contributed by atoms with Crippen LogP contribution in [0, 0.1) is 11.8 Å². The average Bonchev–Trinajstić information content (AvgIpc) is 3.61. The molecule has 2 saturated heterocycles. The summed E-state index contributed by atoms with van der Waals surface area (Å²) in [7, 11) is 1.29. The minimum atomic E-state index is -1.52. The van der Waals surface area contributed by atoms with E-state index in [-0.39, 0.29) is 5.91 Å². The molecular weight excluding hydrogens is 468 g/mol. The number of thiophene rings is 1. The van der Waals surface area contributed by atoms with Crippen molar-refractivity contribution in [1.29, 1.82) is 0 Å². The van der Waals surface area contributed by atoms with Gasteiger partial charge >= 0.3 is 5.97 Å². The van der Waals surface area contributed by atoms with Gasteiger partial charge in [-0.05, 0) is 29.1 Å². The van der Waals surface area contributed by atoms with Crippen LogP contribution in [0.4, 0.5) is 5.69 Å². The Labute approximate surface area is 205 Å². The van der Waals surface area contributed by atoms with Crippen LogP contribution in [0.5, 0.6) is 11.5 Å². The van der Waals surface area contributed by atoms with Gasteiger partial charge in [0.2, 0.25) is 11.8 Å². The smallest absolute Gasteiger partial charge is 0.331 e. The standard InChI is InChI=1S/C26H22N2O6S/c1-32-25(31)26(15-6-3-2-4-7-15)21-20(22(27-26)19-8-5-13-35-19)23(29)28(24(21)30)16-9-10-17-18(14-16)34-12-11-33-17/h2-10,13-14,20-22,27H,11-12H2,1H3/t20-,21+,22-,26+/m0/s1. The van der Waals surface area contributed by atoms with Crippen molar-refractivity contribution in [3.63, 3.8) is 0 Å². The molecule has 6 rings (SSSR count). The number of amides is 2. The van der Waals surface area contributed by atoms with Gasteiger partial charge in [0.15, 0.2) is 17.0 Å². The molecule has 3 aromatic rings. The maximum Gasteiger partial charge on any atom is 0.331 e. The minimum absolute atomic E-state index is 0.371. The van der Waals surface area contributed by atoms with E-state index in [1.165, 1.54) is 23.3 Å². The monoisotopic (exact) mass is 490 g/mol. The predicted octanol–water partition coefficient (Wildman–Crippen LogP) is 3.04. The highest BCUT2D eigenvalue weighted by molar-refractivity contribution is 7.10. The van der Waals surface area contributed by atoms with Gasteiger partial charge in [-0.15, -0.1) is 11.3 Å². The molecule has 2 aromatic carbocycles. The Morgan fingerprint density at radius 3 is 2.51 bits per heavy atom.